The van der Waals surface area contributed by atoms with Crippen LogP contribution in [-0.4, -0.2) is 10.1 Å². The zero-order chi connectivity index (χ0) is 14.3. The van der Waals surface area contributed by atoms with Gasteiger partial charge in [-0.3, -0.25) is 4.98 Å². The number of halogens is 3. The summed E-state index contributed by atoms with van der Waals surface area (Å²) in [6.07, 6.45) is 0.510. The van der Waals surface area contributed by atoms with Crippen LogP contribution in [0.15, 0.2) is 18.5 Å². The third-order valence-electron chi connectivity index (χ3n) is 4.28. The van der Waals surface area contributed by atoms with Crippen molar-refractivity contribution in [3.05, 3.63) is 29.6 Å². The maximum Gasteiger partial charge on any atom is 0.416 e. The molecule has 1 unspecified atom stereocenters. The van der Waals surface area contributed by atoms with E-state index in [-0.39, 0.29) is 5.56 Å². The fraction of sp³-hybridized carbons (Fsp3) is 0.643. The third-order valence-corrected chi connectivity index (χ3v) is 4.28. The quantitative estimate of drug-likeness (QED) is 0.842. The van der Waals surface area contributed by atoms with E-state index in [1.54, 1.807) is 0 Å². The van der Waals surface area contributed by atoms with Crippen LogP contribution >= 0.6 is 0 Å². The lowest BCUT2D eigenvalue weighted by atomic mass is 9.62. The molecule has 19 heavy (non-hydrogen) atoms. The summed E-state index contributed by atoms with van der Waals surface area (Å²) in [5.41, 5.74) is -2.93. The number of hydrogen-bond acceptors (Lipinski definition) is 2. The van der Waals surface area contributed by atoms with E-state index in [0.29, 0.717) is 12.8 Å². The molecular weight excluding hydrogens is 255 g/mol. The summed E-state index contributed by atoms with van der Waals surface area (Å²) in [5.74, 6) is 0. The first kappa shape index (κ1) is 14.3. The molecule has 1 atom stereocenters. The molecule has 2 nitrogen and oxygen atoms in total. The van der Waals surface area contributed by atoms with Crippen LogP contribution < -0.4 is 0 Å². The first-order valence-corrected chi connectivity index (χ1v) is 6.42. The highest BCUT2D eigenvalue weighted by molar-refractivity contribution is 5.34. The molecule has 0 spiro atoms. The molecular formula is C14H18F3NO. The van der Waals surface area contributed by atoms with Gasteiger partial charge < -0.3 is 5.11 Å². The number of aliphatic hydroxyl groups is 1. The average Bonchev–Trinajstić information content (AvgIpc) is 2.32. The summed E-state index contributed by atoms with van der Waals surface area (Å²) in [6.45, 7) is 3.64. The van der Waals surface area contributed by atoms with Gasteiger partial charge in [-0.05, 0) is 24.3 Å². The third kappa shape index (κ3) is 2.36. The van der Waals surface area contributed by atoms with Crippen LogP contribution in [0.4, 0.5) is 13.2 Å². The van der Waals surface area contributed by atoms with Crippen molar-refractivity contribution < 1.29 is 18.3 Å². The van der Waals surface area contributed by atoms with Crippen molar-refractivity contribution in [2.45, 2.75) is 51.3 Å². The number of pyridine rings is 1. The van der Waals surface area contributed by atoms with E-state index < -0.39 is 22.8 Å². The van der Waals surface area contributed by atoms with Crippen LogP contribution in [0, 0.1) is 5.41 Å². The van der Waals surface area contributed by atoms with Crippen molar-refractivity contribution in [2.75, 3.05) is 0 Å². The van der Waals surface area contributed by atoms with Crippen LogP contribution in [0.3, 0.4) is 0 Å². The molecule has 106 valence electrons. The van der Waals surface area contributed by atoms with Gasteiger partial charge in [-0.1, -0.05) is 26.7 Å². The second-order valence-electron chi connectivity index (χ2n) is 5.87. The minimum atomic E-state index is -4.47. The topological polar surface area (TPSA) is 33.1 Å². The molecule has 1 aromatic heterocycles. The lowest BCUT2D eigenvalue weighted by molar-refractivity contribution is -0.148. The van der Waals surface area contributed by atoms with Crippen LogP contribution in [0.2, 0.25) is 0 Å². The molecule has 1 N–H and O–H groups in total. The van der Waals surface area contributed by atoms with Gasteiger partial charge >= 0.3 is 6.18 Å². The normalized spacial score (nSPS) is 27.3. The molecule has 1 aliphatic rings. The monoisotopic (exact) mass is 273 g/mol. The highest BCUT2D eigenvalue weighted by Gasteiger charge is 2.50. The van der Waals surface area contributed by atoms with E-state index in [0.717, 1.165) is 31.3 Å². The lowest BCUT2D eigenvalue weighted by Crippen LogP contribution is -2.45. The first-order valence-electron chi connectivity index (χ1n) is 6.42. The second-order valence-corrected chi connectivity index (χ2v) is 5.87. The number of nitrogens with zero attached hydrogens (tertiary/aromatic N) is 1. The van der Waals surface area contributed by atoms with Gasteiger partial charge in [0.15, 0.2) is 0 Å². The molecule has 2 rings (SSSR count). The van der Waals surface area contributed by atoms with E-state index >= 15 is 0 Å². The SMILES string of the molecule is CC1(C)CCCCC1(O)c1cnccc1C(F)(F)F. The number of rotatable bonds is 1. The summed E-state index contributed by atoms with van der Waals surface area (Å²) >= 11 is 0. The fourth-order valence-corrected chi connectivity index (χ4v) is 2.96. The Bertz CT molecular complexity index is 470. The standard InChI is InChI=1S/C14H18F3NO/c1-12(2)6-3-4-7-13(12,19)11-9-18-8-5-10(11)14(15,16)17/h5,8-9,19H,3-4,6-7H2,1-2H3. The van der Waals surface area contributed by atoms with Gasteiger partial charge in [0, 0.05) is 18.0 Å². The van der Waals surface area contributed by atoms with Crippen molar-refractivity contribution in [3.63, 3.8) is 0 Å². The van der Waals surface area contributed by atoms with E-state index in [4.69, 9.17) is 0 Å². The Morgan fingerprint density at radius 1 is 1.21 bits per heavy atom. The predicted octanol–water partition coefficient (Wildman–Crippen LogP) is 3.89. The van der Waals surface area contributed by atoms with Crippen LogP contribution in [0.25, 0.3) is 0 Å². The summed E-state index contributed by atoms with van der Waals surface area (Å²) < 4.78 is 39.3. The summed E-state index contributed by atoms with van der Waals surface area (Å²) in [4.78, 5) is 3.78. The molecule has 0 amide bonds. The van der Waals surface area contributed by atoms with Crippen LogP contribution in [0.5, 0.6) is 0 Å². The fourth-order valence-electron chi connectivity index (χ4n) is 2.96. The van der Waals surface area contributed by atoms with Crippen molar-refractivity contribution in [3.8, 4) is 0 Å². The molecule has 0 radical (unpaired) electrons. The zero-order valence-corrected chi connectivity index (χ0v) is 11.1. The Morgan fingerprint density at radius 2 is 1.84 bits per heavy atom. The van der Waals surface area contributed by atoms with Gasteiger partial charge in [0.05, 0.1) is 11.2 Å². The first-order chi connectivity index (χ1) is 8.68. The smallest absolute Gasteiger partial charge is 0.385 e. The molecule has 1 fully saturated rings. The maximum absolute atomic E-state index is 13.1. The van der Waals surface area contributed by atoms with Gasteiger partial charge in [-0.25, -0.2) is 0 Å². The molecule has 1 aliphatic carbocycles. The number of aromatic nitrogens is 1. The van der Waals surface area contributed by atoms with Gasteiger partial charge in [0.1, 0.15) is 0 Å². The van der Waals surface area contributed by atoms with E-state index in [1.807, 2.05) is 13.8 Å². The maximum atomic E-state index is 13.1. The molecule has 1 aromatic rings. The van der Waals surface area contributed by atoms with Crippen molar-refractivity contribution >= 4 is 0 Å². The molecule has 0 aliphatic heterocycles. The molecule has 1 heterocycles. The van der Waals surface area contributed by atoms with Crippen LogP contribution in [-0.2, 0) is 11.8 Å². The summed E-state index contributed by atoms with van der Waals surface area (Å²) in [5, 5.41) is 10.9. The molecule has 0 aromatic carbocycles. The molecule has 5 heteroatoms. The van der Waals surface area contributed by atoms with Gasteiger partial charge in [0.25, 0.3) is 0 Å². The highest BCUT2D eigenvalue weighted by Crippen LogP contribution is 2.52. The minimum absolute atomic E-state index is 0.0906. The Hall–Kier alpha value is -1.10. The highest BCUT2D eigenvalue weighted by atomic mass is 19.4. The molecule has 0 bridgehead atoms. The average molecular weight is 273 g/mol. The Morgan fingerprint density at radius 3 is 2.42 bits per heavy atom. The summed E-state index contributed by atoms with van der Waals surface area (Å²) in [6, 6.07) is 0.942. The zero-order valence-electron chi connectivity index (χ0n) is 11.1. The largest absolute Gasteiger partial charge is 0.416 e. The lowest BCUT2D eigenvalue weighted by Gasteiger charge is -2.47. The van der Waals surface area contributed by atoms with E-state index in [2.05, 4.69) is 4.98 Å². The Labute approximate surface area is 110 Å². The predicted molar refractivity (Wildman–Crippen MR) is 65.4 cm³/mol. The van der Waals surface area contributed by atoms with Gasteiger partial charge in [-0.2, -0.15) is 13.2 Å². The van der Waals surface area contributed by atoms with Crippen molar-refractivity contribution in [1.29, 1.82) is 0 Å². The van der Waals surface area contributed by atoms with Crippen molar-refractivity contribution in [1.82, 2.24) is 4.98 Å². The number of hydrogen-bond donors (Lipinski definition) is 1. The van der Waals surface area contributed by atoms with Gasteiger partial charge in [-0.15, -0.1) is 0 Å². The molecule has 1 saturated carbocycles. The Kier molecular flexibility index (Phi) is 3.37. The minimum Gasteiger partial charge on any atom is -0.385 e. The second kappa shape index (κ2) is 4.47. The van der Waals surface area contributed by atoms with E-state index in [1.165, 1.54) is 0 Å². The molecule has 0 saturated heterocycles. The Balaban J connectivity index is 2.57. The number of alkyl halides is 3. The van der Waals surface area contributed by atoms with Crippen LogP contribution in [0.1, 0.15) is 50.7 Å². The van der Waals surface area contributed by atoms with Gasteiger partial charge in [0.2, 0.25) is 0 Å². The van der Waals surface area contributed by atoms with E-state index in [9.17, 15) is 18.3 Å². The van der Waals surface area contributed by atoms with Crippen molar-refractivity contribution in [2.24, 2.45) is 5.41 Å². The summed E-state index contributed by atoms with van der Waals surface area (Å²) in [7, 11) is 0.